The van der Waals surface area contributed by atoms with Gasteiger partial charge in [-0.05, 0) is 62.2 Å². The number of methoxy groups -OCH3 is 1. The van der Waals surface area contributed by atoms with Gasteiger partial charge in [0.05, 0.1) is 25.3 Å². The fourth-order valence-corrected chi connectivity index (χ4v) is 3.63. The Morgan fingerprint density at radius 2 is 1.92 bits per heavy atom. The first-order chi connectivity index (χ1) is 17.2. The maximum atomic E-state index is 14.1. The Balaban J connectivity index is 2.07. The summed E-state index contributed by atoms with van der Waals surface area (Å²) in [6.45, 7) is 5.42. The zero-order valence-corrected chi connectivity index (χ0v) is 20.8. The number of benzene rings is 2. The Hall–Kier alpha value is -3.91. The van der Waals surface area contributed by atoms with Gasteiger partial charge in [0, 0.05) is 41.5 Å². The highest BCUT2D eigenvalue weighted by molar-refractivity contribution is 6.22. The summed E-state index contributed by atoms with van der Waals surface area (Å²) in [5, 5.41) is 21.7. The van der Waals surface area contributed by atoms with Crippen LogP contribution in [0.25, 0.3) is 0 Å². The van der Waals surface area contributed by atoms with Crippen molar-refractivity contribution in [2.75, 3.05) is 12.4 Å². The van der Waals surface area contributed by atoms with Gasteiger partial charge in [0.15, 0.2) is 5.78 Å². The number of nitrogens with zero attached hydrogens (tertiary/aromatic N) is 2. The summed E-state index contributed by atoms with van der Waals surface area (Å²) >= 11 is 0. The van der Waals surface area contributed by atoms with E-state index in [9.17, 15) is 14.3 Å². The third-order valence-corrected chi connectivity index (χ3v) is 5.55. The second-order valence-corrected chi connectivity index (χ2v) is 8.73. The van der Waals surface area contributed by atoms with E-state index in [1.807, 2.05) is 32.9 Å². The molecule has 0 aliphatic carbocycles. The Morgan fingerprint density at radius 1 is 1.19 bits per heavy atom. The number of hydrogen-bond acceptors (Lipinski definition) is 7. The maximum absolute atomic E-state index is 14.1. The maximum Gasteiger partial charge on any atom is 0.173 e. The van der Waals surface area contributed by atoms with Gasteiger partial charge in [-0.1, -0.05) is 18.2 Å². The van der Waals surface area contributed by atoms with Crippen molar-refractivity contribution in [1.29, 1.82) is 5.41 Å². The molecule has 36 heavy (non-hydrogen) atoms. The van der Waals surface area contributed by atoms with E-state index < -0.39 is 17.8 Å². The predicted octanol–water partition coefficient (Wildman–Crippen LogP) is 4.92. The van der Waals surface area contributed by atoms with Crippen LogP contribution in [0.5, 0.6) is 5.75 Å². The lowest BCUT2D eigenvalue weighted by Crippen LogP contribution is -2.34. The van der Waals surface area contributed by atoms with Crippen LogP contribution in [0.4, 0.5) is 10.1 Å². The van der Waals surface area contributed by atoms with Gasteiger partial charge in [0.1, 0.15) is 17.6 Å². The minimum atomic E-state index is -1.00. The van der Waals surface area contributed by atoms with Crippen LogP contribution in [0.2, 0.25) is 0 Å². The van der Waals surface area contributed by atoms with Crippen LogP contribution in [0.15, 0.2) is 65.8 Å². The van der Waals surface area contributed by atoms with E-state index in [1.165, 1.54) is 37.6 Å². The summed E-state index contributed by atoms with van der Waals surface area (Å²) < 4.78 is 18.8. The number of aliphatic hydroxyl groups is 1. The van der Waals surface area contributed by atoms with Gasteiger partial charge in [0.25, 0.3) is 0 Å². The number of aliphatic imine (C=N–C) groups is 1. The average molecular weight is 491 g/mol. The van der Waals surface area contributed by atoms with E-state index in [-0.39, 0.29) is 24.1 Å². The molecule has 0 bridgehead atoms. The van der Waals surface area contributed by atoms with Crippen LogP contribution >= 0.6 is 0 Å². The van der Waals surface area contributed by atoms with Gasteiger partial charge in [-0.3, -0.25) is 14.8 Å². The molecule has 3 N–H and O–H groups in total. The number of rotatable bonds is 11. The Labute approximate surface area is 210 Å². The molecule has 7 nitrogen and oxygen atoms in total. The average Bonchev–Trinajstić information content (AvgIpc) is 2.87. The number of carbonyl (C=O) groups excluding carboxylic acids is 1. The number of halogens is 1. The summed E-state index contributed by atoms with van der Waals surface area (Å²) in [6.07, 6.45) is 3.11. The quantitative estimate of drug-likeness (QED) is 0.331. The first kappa shape index (κ1) is 26.7. The SMILES string of the molecule is COc1cc(CO)cc(NC(C(=O)C(C=NC(C)C)C(=N)c2ccc(F)cc2)c2ccc(C)nc2)c1. The van der Waals surface area contributed by atoms with Crippen LogP contribution in [-0.4, -0.2) is 41.0 Å². The molecule has 1 heterocycles. The molecule has 188 valence electrons. The highest BCUT2D eigenvalue weighted by atomic mass is 19.1. The summed E-state index contributed by atoms with van der Waals surface area (Å²) in [6, 6.07) is 13.3. The van der Waals surface area contributed by atoms with Gasteiger partial charge < -0.3 is 20.6 Å². The largest absolute Gasteiger partial charge is 0.497 e. The van der Waals surface area contributed by atoms with E-state index in [1.54, 1.807) is 24.4 Å². The Bertz CT molecular complexity index is 1200. The summed E-state index contributed by atoms with van der Waals surface area (Å²) in [5.74, 6) is -1.23. The van der Waals surface area contributed by atoms with Crippen LogP contribution in [-0.2, 0) is 11.4 Å². The fraction of sp³-hybridized carbons (Fsp3) is 0.286. The van der Waals surface area contributed by atoms with Crippen molar-refractivity contribution >= 4 is 23.4 Å². The monoisotopic (exact) mass is 490 g/mol. The lowest BCUT2D eigenvalue weighted by Gasteiger charge is -2.24. The molecular weight excluding hydrogens is 459 g/mol. The molecule has 0 fully saturated rings. The van der Waals surface area contributed by atoms with Gasteiger partial charge in [-0.2, -0.15) is 0 Å². The van der Waals surface area contributed by atoms with E-state index in [0.717, 1.165) is 5.69 Å². The molecule has 1 aromatic heterocycles. The lowest BCUT2D eigenvalue weighted by molar-refractivity contribution is -0.120. The number of Topliss-reactive ketones (excluding diaryl/α,β-unsaturated/α-hetero) is 1. The minimum Gasteiger partial charge on any atom is -0.497 e. The number of ketones is 1. The number of carbonyl (C=O) groups is 1. The standard InChI is InChI=1S/C28H31FN4O3/c1-17(2)31-15-25(26(30)20-7-9-22(29)10-8-20)28(35)27(21-6-5-18(3)32-14-21)33-23-11-19(16-34)12-24(13-23)36-4/h5-15,17,25,27,30,33-34H,16H2,1-4H3. The molecule has 3 aromatic rings. The number of aliphatic hydroxyl groups excluding tert-OH is 1. The highest BCUT2D eigenvalue weighted by Crippen LogP contribution is 2.28. The summed E-state index contributed by atoms with van der Waals surface area (Å²) in [5.41, 5.74) is 3.01. The van der Waals surface area contributed by atoms with Crippen molar-refractivity contribution < 1.29 is 19.0 Å². The molecule has 2 atom stereocenters. The van der Waals surface area contributed by atoms with Crippen LogP contribution < -0.4 is 10.1 Å². The normalized spacial score (nSPS) is 13.0. The highest BCUT2D eigenvalue weighted by Gasteiger charge is 2.31. The molecule has 2 unspecified atom stereocenters. The van der Waals surface area contributed by atoms with Crippen molar-refractivity contribution in [2.24, 2.45) is 10.9 Å². The second-order valence-electron chi connectivity index (χ2n) is 8.73. The zero-order valence-electron chi connectivity index (χ0n) is 20.8. The van der Waals surface area contributed by atoms with Crippen LogP contribution in [0, 0.1) is 24.1 Å². The zero-order chi connectivity index (χ0) is 26.2. The minimum absolute atomic E-state index is 0.0120. The molecule has 0 aliphatic heterocycles. The number of hydrogen-bond donors (Lipinski definition) is 3. The predicted molar refractivity (Wildman–Crippen MR) is 140 cm³/mol. The van der Waals surface area contributed by atoms with Gasteiger partial charge >= 0.3 is 0 Å². The number of ether oxygens (including phenoxy) is 1. The number of pyridine rings is 1. The second kappa shape index (κ2) is 12.2. The molecule has 2 aromatic carbocycles. The molecule has 0 saturated carbocycles. The topological polar surface area (TPSA) is 108 Å². The lowest BCUT2D eigenvalue weighted by atomic mass is 9.87. The van der Waals surface area contributed by atoms with E-state index in [0.29, 0.717) is 28.1 Å². The van der Waals surface area contributed by atoms with Crippen molar-refractivity contribution in [3.8, 4) is 5.75 Å². The Morgan fingerprint density at radius 3 is 2.50 bits per heavy atom. The first-order valence-electron chi connectivity index (χ1n) is 11.6. The number of aryl methyl sites for hydroxylation is 1. The third kappa shape index (κ3) is 6.82. The smallest absolute Gasteiger partial charge is 0.173 e. The van der Waals surface area contributed by atoms with E-state index in [4.69, 9.17) is 10.1 Å². The molecule has 0 aliphatic rings. The van der Waals surface area contributed by atoms with E-state index in [2.05, 4.69) is 15.3 Å². The van der Waals surface area contributed by atoms with Gasteiger partial charge in [0.2, 0.25) is 0 Å². The summed E-state index contributed by atoms with van der Waals surface area (Å²) in [7, 11) is 1.52. The fourth-order valence-electron chi connectivity index (χ4n) is 3.63. The summed E-state index contributed by atoms with van der Waals surface area (Å²) in [4.78, 5) is 22.8. The van der Waals surface area contributed by atoms with Crippen molar-refractivity contribution in [3.63, 3.8) is 0 Å². The van der Waals surface area contributed by atoms with Crippen molar-refractivity contribution in [2.45, 2.75) is 39.5 Å². The van der Waals surface area contributed by atoms with Crippen molar-refractivity contribution in [1.82, 2.24) is 4.98 Å². The first-order valence-corrected chi connectivity index (χ1v) is 11.6. The third-order valence-electron chi connectivity index (χ3n) is 5.55. The van der Waals surface area contributed by atoms with Crippen molar-refractivity contribution in [3.05, 3.63) is 89.0 Å². The van der Waals surface area contributed by atoms with Gasteiger partial charge in [-0.15, -0.1) is 0 Å². The molecule has 0 amide bonds. The number of aromatic nitrogens is 1. The van der Waals surface area contributed by atoms with Crippen LogP contribution in [0.1, 0.15) is 42.3 Å². The molecular formula is C28H31FN4O3. The van der Waals surface area contributed by atoms with E-state index >= 15 is 0 Å². The molecule has 0 saturated heterocycles. The molecule has 8 heteroatoms. The molecule has 3 rings (SSSR count). The number of anilines is 1. The molecule has 0 radical (unpaired) electrons. The Kier molecular flexibility index (Phi) is 9.02. The van der Waals surface area contributed by atoms with Crippen LogP contribution in [0.3, 0.4) is 0 Å². The molecule has 0 spiro atoms. The number of nitrogens with one attached hydrogen (secondary N) is 2. The van der Waals surface area contributed by atoms with Gasteiger partial charge in [-0.25, -0.2) is 4.39 Å².